The Bertz CT molecular complexity index is 1410. The molecule has 1 heterocycles. The first-order valence-corrected chi connectivity index (χ1v) is 15.9. The van der Waals surface area contributed by atoms with E-state index in [1.807, 2.05) is 0 Å². The van der Waals surface area contributed by atoms with Gasteiger partial charge in [0.2, 0.25) is 0 Å². The summed E-state index contributed by atoms with van der Waals surface area (Å²) < 4.78 is 0. The first kappa shape index (κ1) is 25.3. The largest absolute Gasteiger partial charge is 0.379 e. The van der Waals surface area contributed by atoms with Gasteiger partial charge in [0.05, 0.1) is 17.3 Å². The molecule has 0 aromatic heterocycles. The minimum absolute atomic E-state index is 0.190. The third-order valence-electron chi connectivity index (χ3n) is 6.55. The zero-order valence-corrected chi connectivity index (χ0v) is 23.4. The van der Waals surface area contributed by atoms with Gasteiger partial charge in [-0.3, -0.25) is 0 Å². The SMILES string of the molecule is CC(C)(C)NC1=C(C#N)CP(c2ccccc2)(c2ccccc2)=C1P(c1ccccc1)c1ccccc1. The Morgan fingerprint density at radius 1 is 0.676 bits per heavy atom. The lowest BCUT2D eigenvalue weighted by molar-refractivity contribution is 0.482. The molecule has 1 aliphatic heterocycles. The molecule has 0 saturated heterocycles. The van der Waals surface area contributed by atoms with Crippen LogP contribution in [0.25, 0.3) is 0 Å². The summed E-state index contributed by atoms with van der Waals surface area (Å²) in [4.78, 5) is 0. The molecule has 5 rings (SSSR count). The fourth-order valence-corrected chi connectivity index (χ4v) is 14.1. The minimum Gasteiger partial charge on any atom is -0.379 e. The maximum absolute atomic E-state index is 10.6. The molecule has 0 saturated carbocycles. The molecule has 0 bridgehead atoms. The highest BCUT2D eigenvalue weighted by atomic mass is 31.2. The lowest BCUT2D eigenvalue weighted by Gasteiger charge is -2.34. The van der Waals surface area contributed by atoms with Gasteiger partial charge in [-0.25, -0.2) is 0 Å². The number of allylic oxidation sites excluding steroid dienone is 2. The predicted molar refractivity (Wildman–Crippen MR) is 164 cm³/mol. The van der Waals surface area contributed by atoms with Crippen molar-refractivity contribution in [1.29, 1.82) is 5.26 Å². The molecule has 1 aliphatic rings. The molecule has 0 aliphatic carbocycles. The standard InChI is InChI=1S/C33H32N2P2/c1-33(2,3)35-31-26(24-34)25-37(29-20-12-6-13-21-29,30-22-14-7-15-23-30)32(31)36(27-16-8-4-9-17-27)28-18-10-5-11-19-28/h4-23,35H,25H2,1-3H3. The maximum Gasteiger partial charge on any atom is 0.0973 e. The van der Waals surface area contributed by atoms with Gasteiger partial charge < -0.3 is 5.32 Å². The van der Waals surface area contributed by atoms with Crippen molar-refractivity contribution in [2.24, 2.45) is 0 Å². The molecule has 0 radical (unpaired) electrons. The van der Waals surface area contributed by atoms with E-state index in [1.165, 1.54) is 26.3 Å². The molecule has 184 valence electrons. The Balaban J connectivity index is 1.98. The topological polar surface area (TPSA) is 35.8 Å². The summed E-state index contributed by atoms with van der Waals surface area (Å²) in [6.07, 6.45) is 0.740. The number of rotatable bonds is 6. The molecule has 0 atom stereocenters. The van der Waals surface area contributed by atoms with E-state index < -0.39 is 14.8 Å². The molecule has 4 aromatic rings. The first-order valence-electron chi connectivity index (χ1n) is 12.6. The van der Waals surface area contributed by atoms with Crippen molar-refractivity contribution in [2.45, 2.75) is 26.3 Å². The number of hydrogen-bond acceptors (Lipinski definition) is 2. The fraction of sp³-hybridized carbons (Fsp3) is 0.152. The van der Waals surface area contributed by atoms with Crippen molar-refractivity contribution >= 4 is 41.1 Å². The lowest BCUT2D eigenvalue weighted by Crippen LogP contribution is -2.39. The van der Waals surface area contributed by atoms with Crippen molar-refractivity contribution < 1.29 is 0 Å². The summed E-state index contributed by atoms with van der Waals surface area (Å²) in [5, 5.41) is 21.1. The van der Waals surface area contributed by atoms with Crippen molar-refractivity contribution in [2.75, 3.05) is 6.16 Å². The van der Waals surface area contributed by atoms with Gasteiger partial charge in [0, 0.05) is 16.7 Å². The van der Waals surface area contributed by atoms with Crippen LogP contribution in [0, 0.1) is 11.3 Å². The van der Waals surface area contributed by atoms with Gasteiger partial charge in [0.25, 0.3) is 0 Å². The van der Waals surface area contributed by atoms with E-state index in [4.69, 9.17) is 0 Å². The van der Waals surface area contributed by atoms with Crippen LogP contribution in [0.1, 0.15) is 20.8 Å². The zero-order valence-electron chi connectivity index (χ0n) is 21.6. The quantitative estimate of drug-likeness (QED) is 0.313. The van der Waals surface area contributed by atoms with Gasteiger partial charge in [-0.15, -0.1) is 0 Å². The summed E-state index contributed by atoms with van der Waals surface area (Å²) in [6, 6.07) is 46.3. The van der Waals surface area contributed by atoms with Crippen LogP contribution in [-0.4, -0.2) is 16.7 Å². The van der Waals surface area contributed by atoms with Crippen LogP contribution < -0.4 is 26.5 Å². The highest BCUT2D eigenvalue weighted by molar-refractivity contribution is 8.08. The minimum atomic E-state index is -2.18. The average Bonchev–Trinajstić information content (AvgIpc) is 3.24. The maximum atomic E-state index is 10.6. The Morgan fingerprint density at radius 3 is 1.46 bits per heavy atom. The van der Waals surface area contributed by atoms with Crippen molar-refractivity contribution in [1.82, 2.24) is 5.32 Å². The van der Waals surface area contributed by atoms with E-state index in [0.717, 1.165) is 17.4 Å². The average molecular weight is 519 g/mol. The summed E-state index contributed by atoms with van der Waals surface area (Å²) >= 11 is 0. The van der Waals surface area contributed by atoms with Gasteiger partial charge in [-0.1, -0.05) is 121 Å². The van der Waals surface area contributed by atoms with E-state index in [2.05, 4.69) is 153 Å². The van der Waals surface area contributed by atoms with Crippen molar-refractivity contribution in [3.63, 3.8) is 0 Å². The molecule has 1 N–H and O–H groups in total. The van der Waals surface area contributed by atoms with Crippen molar-refractivity contribution in [3.8, 4) is 6.07 Å². The lowest BCUT2D eigenvalue weighted by atomic mass is 10.1. The number of nitriles is 1. The van der Waals surface area contributed by atoms with E-state index in [9.17, 15) is 5.26 Å². The second-order valence-corrected chi connectivity index (χ2v) is 16.2. The highest BCUT2D eigenvalue weighted by Gasteiger charge is 2.42. The van der Waals surface area contributed by atoms with Gasteiger partial charge in [-0.05, 0) is 56.8 Å². The first-order chi connectivity index (χ1) is 17.9. The molecule has 4 aromatic carbocycles. The van der Waals surface area contributed by atoms with Crippen LogP contribution in [0.4, 0.5) is 0 Å². The van der Waals surface area contributed by atoms with E-state index >= 15 is 0 Å². The summed E-state index contributed by atoms with van der Waals surface area (Å²) in [5.41, 5.74) is 1.73. The number of nitrogens with one attached hydrogen (secondary N) is 1. The van der Waals surface area contributed by atoms with E-state index in [0.29, 0.717) is 0 Å². The van der Waals surface area contributed by atoms with Crippen LogP contribution in [0.2, 0.25) is 0 Å². The van der Waals surface area contributed by atoms with Crippen molar-refractivity contribution in [3.05, 3.63) is 133 Å². The van der Waals surface area contributed by atoms with Gasteiger partial charge in [-0.2, -0.15) is 5.26 Å². The third kappa shape index (κ3) is 4.95. The molecular formula is C33H32N2P2. The van der Waals surface area contributed by atoms with Crippen LogP contribution in [0.5, 0.6) is 0 Å². The summed E-state index contributed by atoms with van der Waals surface area (Å²) in [6.45, 7) is 4.37. The molecule has 37 heavy (non-hydrogen) atoms. The zero-order chi connectivity index (χ0) is 25.9. The molecule has 0 unspecified atom stereocenters. The summed E-state index contributed by atoms with van der Waals surface area (Å²) in [7, 11) is -0.917. The monoisotopic (exact) mass is 518 g/mol. The molecular weight excluding hydrogens is 486 g/mol. The second-order valence-electron chi connectivity index (χ2n) is 10.3. The van der Waals surface area contributed by atoms with E-state index in [1.54, 1.807) is 0 Å². The van der Waals surface area contributed by atoms with Crippen LogP contribution in [0.15, 0.2) is 133 Å². The van der Waals surface area contributed by atoms with E-state index in [-0.39, 0.29) is 5.54 Å². The predicted octanol–water partition coefficient (Wildman–Crippen LogP) is 6.10. The fourth-order valence-electron chi connectivity index (χ4n) is 5.09. The molecule has 0 amide bonds. The number of benzene rings is 4. The summed E-state index contributed by atoms with van der Waals surface area (Å²) in [5.74, 6) is 0. The normalized spacial score (nSPS) is 15.1. The van der Waals surface area contributed by atoms with Gasteiger partial charge in [0.1, 0.15) is 0 Å². The Hall–Kier alpha value is -3.36. The Labute approximate surface area is 222 Å². The van der Waals surface area contributed by atoms with Gasteiger partial charge in [0.15, 0.2) is 0 Å². The second kappa shape index (κ2) is 10.6. The smallest absolute Gasteiger partial charge is 0.0973 e. The highest BCUT2D eigenvalue weighted by Crippen LogP contribution is 2.61. The Morgan fingerprint density at radius 2 is 1.08 bits per heavy atom. The van der Waals surface area contributed by atoms with Crippen LogP contribution >= 0.6 is 14.8 Å². The molecule has 0 spiro atoms. The van der Waals surface area contributed by atoms with Gasteiger partial charge >= 0.3 is 0 Å². The molecule has 0 fully saturated rings. The number of nitrogens with zero attached hydrogens (tertiary/aromatic N) is 1. The van der Waals surface area contributed by atoms with Crippen LogP contribution in [0.3, 0.4) is 0 Å². The van der Waals surface area contributed by atoms with Crippen LogP contribution in [-0.2, 0) is 0 Å². The number of hydrogen-bond donors (Lipinski definition) is 1. The molecule has 2 nitrogen and oxygen atoms in total. The Kier molecular flexibility index (Phi) is 7.22. The third-order valence-corrected chi connectivity index (χ3v) is 14.5. The molecule has 4 heteroatoms.